The van der Waals surface area contributed by atoms with E-state index in [1.807, 2.05) is 6.07 Å². The molecular weight excluding hydrogens is 402 g/mol. The summed E-state index contributed by atoms with van der Waals surface area (Å²) in [6.07, 6.45) is 6.84. The predicted molar refractivity (Wildman–Crippen MR) is 125 cm³/mol. The number of morpholine rings is 1. The molecule has 170 valence electrons. The maximum absolute atomic E-state index is 13.0. The first kappa shape index (κ1) is 21.2. The highest BCUT2D eigenvalue weighted by Crippen LogP contribution is 2.29. The predicted octanol–water partition coefficient (Wildman–Crippen LogP) is 3.05. The lowest BCUT2D eigenvalue weighted by Crippen LogP contribution is -2.43. The summed E-state index contributed by atoms with van der Waals surface area (Å²) < 4.78 is 5.53. The molecule has 0 spiro atoms. The minimum absolute atomic E-state index is 0.0910. The first-order chi connectivity index (χ1) is 15.8. The molecule has 3 fully saturated rings. The van der Waals surface area contributed by atoms with Gasteiger partial charge >= 0.3 is 0 Å². The van der Waals surface area contributed by atoms with E-state index in [4.69, 9.17) is 14.7 Å². The van der Waals surface area contributed by atoms with Crippen LogP contribution >= 0.6 is 0 Å². The molecule has 7 nitrogen and oxygen atoms in total. The molecule has 3 aliphatic rings. The summed E-state index contributed by atoms with van der Waals surface area (Å²) in [5, 5.41) is 3.08. The number of piperidine rings is 1. The lowest BCUT2D eigenvalue weighted by Gasteiger charge is -2.37. The van der Waals surface area contributed by atoms with Gasteiger partial charge in [0.1, 0.15) is 11.5 Å². The van der Waals surface area contributed by atoms with Crippen LogP contribution in [-0.4, -0.2) is 61.3 Å². The van der Waals surface area contributed by atoms with Crippen molar-refractivity contribution < 1.29 is 9.53 Å². The number of ether oxygens (including phenoxy) is 1. The molecule has 7 heteroatoms. The zero-order chi connectivity index (χ0) is 21.8. The van der Waals surface area contributed by atoms with Crippen LogP contribution in [0.2, 0.25) is 0 Å². The van der Waals surface area contributed by atoms with Crippen molar-refractivity contribution in [1.82, 2.24) is 15.3 Å². The van der Waals surface area contributed by atoms with Gasteiger partial charge in [-0.15, -0.1) is 0 Å². The molecule has 1 atom stereocenters. The van der Waals surface area contributed by atoms with Gasteiger partial charge in [-0.2, -0.15) is 4.98 Å². The summed E-state index contributed by atoms with van der Waals surface area (Å²) in [7, 11) is 0. The number of hydrogen-bond donors (Lipinski definition) is 1. The summed E-state index contributed by atoms with van der Waals surface area (Å²) in [6, 6.07) is 12.8. The third-order valence-corrected chi connectivity index (χ3v) is 6.71. The lowest BCUT2D eigenvalue weighted by atomic mass is 9.96. The Bertz CT molecular complexity index is 912. The van der Waals surface area contributed by atoms with Crippen LogP contribution in [0.3, 0.4) is 0 Å². The topological polar surface area (TPSA) is 70.6 Å². The number of nitrogens with zero attached hydrogens (tertiary/aromatic N) is 4. The van der Waals surface area contributed by atoms with Crippen molar-refractivity contribution in [3.63, 3.8) is 0 Å². The Morgan fingerprint density at radius 1 is 1.03 bits per heavy atom. The average Bonchev–Trinajstić information content (AvgIpc) is 3.68. The molecule has 32 heavy (non-hydrogen) atoms. The van der Waals surface area contributed by atoms with E-state index in [0.717, 1.165) is 51.3 Å². The quantitative estimate of drug-likeness (QED) is 0.721. The molecule has 1 aliphatic carbocycles. The Balaban J connectivity index is 1.42. The SMILES string of the molecule is O=C(NCC1CC1)c1cc(N2CCOCC2)nc(N2CCCCC2Cc2ccccc2)n1. The lowest BCUT2D eigenvalue weighted by molar-refractivity contribution is 0.0946. The smallest absolute Gasteiger partial charge is 0.270 e. The Kier molecular flexibility index (Phi) is 6.53. The van der Waals surface area contributed by atoms with Crippen LogP contribution in [0.15, 0.2) is 36.4 Å². The Morgan fingerprint density at radius 2 is 1.84 bits per heavy atom. The molecule has 3 heterocycles. The Labute approximate surface area is 190 Å². The van der Waals surface area contributed by atoms with Gasteiger partial charge in [0.2, 0.25) is 5.95 Å². The van der Waals surface area contributed by atoms with E-state index in [2.05, 4.69) is 45.4 Å². The minimum atomic E-state index is -0.0910. The van der Waals surface area contributed by atoms with Gasteiger partial charge in [0.25, 0.3) is 5.91 Å². The van der Waals surface area contributed by atoms with E-state index in [9.17, 15) is 4.79 Å². The van der Waals surface area contributed by atoms with Crippen LogP contribution in [0.4, 0.5) is 11.8 Å². The Morgan fingerprint density at radius 3 is 2.62 bits per heavy atom. The van der Waals surface area contributed by atoms with Gasteiger partial charge in [-0.3, -0.25) is 4.79 Å². The molecule has 2 saturated heterocycles. The molecule has 2 aromatic rings. The summed E-state index contributed by atoms with van der Waals surface area (Å²) in [4.78, 5) is 27.3. The molecule has 0 bridgehead atoms. The van der Waals surface area contributed by atoms with Crippen LogP contribution in [-0.2, 0) is 11.2 Å². The van der Waals surface area contributed by atoms with Crippen molar-refractivity contribution >= 4 is 17.7 Å². The van der Waals surface area contributed by atoms with E-state index in [1.165, 1.54) is 24.8 Å². The van der Waals surface area contributed by atoms with Crippen molar-refractivity contribution in [2.24, 2.45) is 5.92 Å². The van der Waals surface area contributed by atoms with Crippen molar-refractivity contribution in [3.8, 4) is 0 Å². The Hall–Kier alpha value is -2.67. The maximum atomic E-state index is 13.0. The normalized spacial score (nSPS) is 21.4. The second-order valence-electron chi connectivity index (χ2n) is 9.20. The number of rotatable bonds is 7. The number of amides is 1. The van der Waals surface area contributed by atoms with Crippen molar-refractivity contribution in [3.05, 3.63) is 47.7 Å². The summed E-state index contributed by atoms with van der Waals surface area (Å²) in [5.74, 6) is 2.06. The number of nitrogens with one attached hydrogen (secondary N) is 1. The number of anilines is 2. The van der Waals surface area contributed by atoms with Gasteiger partial charge in [0.05, 0.1) is 13.2 Å². The standard InChI is InChI=1S/C25H33N5O2/c31-24(26-18-20-9-10-20)22-17-23(29-12-14-32-15-13-29)28-25(27-22)30-11-5-4-8-21(30)16-19-6-2-1-3-7-19/h1-3,6-7,17,20-21H,4-5,8-16,18H2,(H,26,31). The monoisotopic (exact) mass is 435 g/mol. The van der Waals surface area contributed by atoms with Crippen molar-refractivity contribution in [2.45, 2.75) is 44.6 Å². The molecule has 1 aromatic carbocycles. The highest BCUT2D eigenvalue weighted by atomic mass is 16.5. The number of benzene rings is 1. The zero-order valence-electron chi connectivity index (χ0n) is 18.7. The fourth-order valence-electron chi connectivity index (χ4n) is 4.63. The maximum Gasteiger partial charge on any atom is 0.270 e. The molecular formula is C25H33N5O2. The second-order valence-corrected chi connectivity index (χ2v) is 9.20. The van der Waals surface area contributed by atoms with E-state index in [-0.39, 0.29) is 5.91 Å². The summed E-state index contributed by atoms with van der Waals surface area (Å²) in [6.45, 7) is 4.60. The van der Waals surface area contributed by atoms with E-state index >= 15 is 0 Å². The molecule has 0 radical (unpaired) electrons. The third kappa shape index (κ3) is 5.21. The average molecular weight is 436 g/mol. The molecule has 2 aliphatic heterocycles. The first-order valence-electron chi connectivity index (χ1n) is 12.1. The minimum Gasteiger partial charge on any atom is -0.378 e. The van der Waals surface area contributed by atoms with Gasteiger partial charge in [-0.25, -0.2) is 4.98 Å². The van der Waals surface area contributed by atoms with Gasteiger partial charge in [-0.1, -0.05) is 30.3 Å². The van der Waals surface area contributed by atoms with Gasteiger partial charge in [0.15, 0.2) is 0 Å². The molecule has 1 amide bonds. The fourth-order valence-corrected chi connectivity index (χ4v) is 4.63. The van der Waals surface area contributed by atoms with Crippen LogP contribution in [0, 0.1) is 5.92 Å². The molecule has 1 N–H and O–H groups in total. The van der Waals surface area contributed by atoms with Gasteiger partial charge < -0.3 is 19.9 Å². The van der Waals surface area contributed by atoms with E-state index in [1.54, 1.807) is 0 Å². The molecule has 1 aromatic heterocycles. The van der Waals surface area contributed by atoms with Crippen molar-refractivity contribution in [1.29, 1.82) is 0 Å². The van der Waals surface area contributed by atoms with Crippen LogP contribution in [0.25, 0.3) is 0 Å². The molecule has 5 rings (SSSR count). The zero-order valence-corrected chi connectivity index (χ0v) is 18.7. The molecule has 1 saturated carbocycles. The highest BCUT2D eigenvalue weighted by Gasteiger charge is 2.28. The largest absolute Gasteiger partial charge is 0.378 e. The second kappa shape index (κ2) is 9.86. The number of carbonyl (C=O) groups is 1. The van der Waals surface area contributed by atoms with E-state index < -0.39 is 0 Å². The summed E-state index contributed by atoms with van der Waals surface area (Å²) in [5.41, 5.74) is 1.80. The third-order valence-electron chi connectivity index (χ3n) is 6.71. The summed E-state index contributed by atoms with van der Waals surface area (Å²) >= 11 is 0. The fraction of sp³-hybridized carbons (Fsp3) is 0.560. The van der Waals surface area contributed by atoms with E-state index in [0.29, 0.717) is 36.8 Å². The van der Waals surface area contributed by atoms with Gasteiger partial charge in [-0.05, 0) is 50.0 Å². The van der Waals surface area contributed by atoms with Crippen LogP contribution in [0.5, 0.6) is 0 Å². The van der Waals surface area contributed by atoms with Crippen LogP contribution < -0.4 is 15.1 Å². The van der Waals surface area contributed by atoms with Gasteiger partial charge in [0, 0.05) is 38.3 Å². The highest BCUT2D eigenvalue weighted by molar-refractivity contribution is 5.93. The van der Waals surface area contributed by atoms with Crippen LogP contribution in [0.1, 0.15) is 48.2 Å². The number of hydrogen-bond acceptors (Lipinski definition) is 6. The molecule has 1 unspecified atom stereocenters. The first-order valence-corrected chi connectivity index (χ1v) is 12.1. The number of carbonyl (C=O) groups excluding carboxylic acids is 1. The number of aromatic nitrogens is 2. The van der Waals surface area contributed by atoms with Crippen molar-refractivity contribution in [2.75, 3.05) is 49.2 Å².